The van der Waals surface area contributed by atoms with Gasteiger partial charge in [0.25, 0.3) is 0 Å². The standard InChI is InChI=1S/C35H35F12P2/c1-21(48(26-9-4-2-5-10-26)27-11-6-3-7-12-27)30-13-8-14-31(30)49(28-17-22(32(36,37)38)15-23(18-28)33(39,40)41)29-19-24(34(42,43)44)16-25(20-29)35(45,46)47/h8,13-21,26-27H,2-7,9-12H2,1H3/t21-/m1/s1. The van der Waals surface area contributed by atoms with Crippen LogP contribution in [0.15, 0.2) is 36.4 Å². The second kappa shape index (κ2) is 14.8. The van der Waals surface area contributed by atoms with Crippen molar-refractivity contribution < 1.29 is 52.7 Å². The van der Waals surface area contributed by atoms with E-state index in [0.29, 0.717) is 41.5 Å². The molecule has 0 amide bonds. The molecule has 14 heteroatoms. The molecule has 2 aromatic carbocycles. The van der Waals surface area contributed by atoms with Crippen molar-refractivity contribution in [1.29, 1.82) is 0 Å². The van der Waals surface area contributed by atoms with Crippen molar-refractivity contribution >= 4 is 26.5 Å². The van der Waals surface area contributed by atoms with Gasteiger partial charge in [0.1, 0.15) is 0 Å². The van der Waals surface area contributed by atoms with Gasteiger partial charge in [0.2, 0.25) is 0 Å². The third-order valence-electron chi connectivity index (χ3n) is 9.62. The van der Waals surface area contributed by atoms with Gasteiger partial charge >= 0.3 is 24.7 Å². The molecule has 2 aromatic rings. The Bertz CT molecular complexity index is 1260. The van der Waals surface area contributed by atoms with Crippen LogP contribution in [0.2, 0.25) is 0 Å². The average molecular weight is 746 g/mol. The van der Waals surface area contributed by atoms with E-state index in [4.69, 9.17) is 0 Å². The van der Waals surface area contributed by atoms with Gasteiger partial charge in [-0.05, 0) is 123 Å². The van der Waals surface area contributed by atoms with Crippen LogP contribution in [0.5, 0.6) is 0 Å². The number of halogens is 12. The molecule has 1 atom stereocenters. The normalized spacial score (nSPS) is 20.9. The SMILES string of the molecule is C[C@H]([C]1[CH][CH][CH][C]1P(c1cc(C(F)(F)F)cc(C(F)(F)F)c1)c1cc(C(F)(F)F)cc(C(F)(F)F)c1)P(C1CCCCC1)C1CCCCC1. The van der Waals surface area contributed by atoms with Crippen LogP contribution < -0.4 is 10.6 Å². The summed E-state index contributed by atoms with van der Waals surface area (Å²) in [4.78, 5) is 0. The number of alkyl halides is 12. The lowest BCUT2D eigenvalue weighted by Crippen LogP contribution is -2.31. The van der Waals surface area contributed by atoms with Crippen molar-refractivity contribution in [1.82, 2.24) is 0 Å². The van der Waals surface area contributed by atoms with Gasteiger partial charge in [0.15, 0.2) is 0 Å². The van der Waals surface area contributed by atoms with Crippen molar-refractivity contribution in [3.05, 3.63) is 89.5 Å². The Balaban J connectivity index is 1.71. The topological polar surface area (TPSA) is 0 Å². The first-order chi connectivity index (χ1) is 22.7. The Labute approximate surface area is 281 Å². The highest BCUT2D eigenvalue weighted by Gasteiger charge is 2.48. The molecule has 0 N–H and O–H groups in total. The summed E-state index contributed by atoms with van der Waals surface area (Å²) in [6.45, 7) is 1.96. The molecule has 0 nitrogen and oxygen atoms in total. The van der Waals surface area contributed by atoms with E-state index in [2.05, 4.69) is 0 Å². The van der Waals surface area contributed by atoms with Crippen molar-refractivity contribution in [3.8, 4) is 0 Å². The molecule has 0 aliphatic heterocycles. The summed E-state index contributed by atoms with van der Waals surface area (Å²) < 4.78 is 169. The monoisotopic (exact) mass is 745 g/mol. The van der Waals surface area contributed by atoms with Crippen molar-refractivity contribution in [2.45, 2.75) is 113 Å². The average Bonchev–Trinajstić information content (AvgIpc) is 3.50. The van der Waals surface area contributed by atoms with E-state index in [1.54, 1.807) is 12.8 Å². The molecular formula is C35H35F12P2. The quantitative estimate of drug-likeness (QED) is 0.196. The summed E-state index contributed by atoms with van der Waals surface area (Å²) in [5, 5.41) is -1.27. The van der Waals surface area contributed by atoms with E-state index in [-0.39, 0.29) is 23.5 Å². The summed E-state index contributed by atoms with van der Waals surface area (Å²) in [6.07, 6.45) is -6.27. The molecule has 3 fully saturated rings. The molecule has 0 bridgehead atoms. The van der Waals surface area contributed by atoms with Crippen LogP contribution in [-0.2, 0) is 24.7 Å². The molecule has 0 saturated heterocycles. The largest absolute Gasteiger partial charge is 0.416 e. The smallest absolute Gasteiger partial charge is 0.166 e. The van der Waals surface area contributed by atoms with Crippen LogP contribution in [0.4, 0.5) is 52.7 Å². The van der Waals surface area contributed by atoms with Gasteiger partial charge in [-0.15, -0.1) is 0 Å². The predicted molar refractivity (Wildman–Crippen MR) is 169 cm³/mol. The van der Waals surface area contributed by atoms with Gasteiger partial charge in [0, 0.05) is 5.66 Å². The Morgan fingerprint density at radius 1 is 0.510 bits per heavy atom. The maximum absolute atomic E-state index is 14.1. The van der Waals surface area contributed by atoms with Crippen LogP contribution in [0.25, 0.3) is 0 Å². The summed E-state index contributed by atoms with van der Waals surface area (Å²) in [7, 11) is -3.56. The summed E-state index contributed by atoms with van der Waals surface area (Å²) in [5.41, 5.74) is -6.14. The maximum Gasteiger partial charge on any atom is 0.416 e. The zero-order valence-corrected chi connectivity index (χ0v) is 28.2. The lowest BCUT2D eigenvalue weighted by Gasteiger charge is -2.45. The minimum absolute atomic E-state index is 0.0930. The van der Waals surface area contributed by atoms with E-state index in [1.165, 1.54) is 6.42 Å². The Kier molecular flexibility index (Phi) is 11.7. The first-order valence-electron chi connectivity index (χ1n) is 16.2. The summed E-state index contributed by atoms with van der Waals surface area (Å²) in [6, 6.07) is 1.54. The Morgan fingerprint density at radius 2 is 0.857 bits per heavy atom. The highest BCUT2D eigenvalue weighted by Crippen LogP contribution is 2.67. The molecule has 0 aromatic heterocycles. The lowest BCUT2D eigenvalue weighted by molar-refractivity contribution is -0.144. The Hall–Kier alpha value is -1.54. The fourth-order valence-electron chi connectivity index (χ4n) is 7.39. The van der Waals surface area contributed by atoms with E-state index in [1.807, 2.05) is 6.92 Å². The van der Waals surface area contributed by atoms with E-state index >= 15 is 0 Å². The van der Waals surface area contributed by atoms with E-state index in [0.717, 1.165) is 64.2 Å². The number of benzene rings is 2. The predicted octanol–water partition coefficient (Wildman–Crippen LogP) is 12.5. The van der Waals surface area contributed by atoms with Crippen molar-refractivity contribution in [2.75, 3.05) is 0 Å². The molecule has 0 unspecified atom stereocenters. The minimum Gasteiger partial charge on any atom is -0.166 e. The van der Waals surface area contributed by atoms with Gasteiger partial charge in [-0.3, -0.25) is 0 Å². The summed E-state index contributed by atoms with van der Waals surface area (Å²) in [5.74, 6) is 0.560. The molecule has 269 valence electrons. The second-order valence-corrected chi connectivity index (χ2v) is 18.3. The minimum atomic E-state index is -5.28. The molecular weight excluding hydrogens is 710 g/mol. The fourth-order valence-corrected chi connectivity index (χ4v) is 14.5. The molecule has 3 aliphatic rings. The second-order valence-electron chi connectivity index (χ2n) is 12.9. The van der Waals surface area contributed by atoms with Gasteiger partial charge < -0.3 is 0 Å². The summed E-state index contributed by atoms with van der Waals surface area (Å²) >= 11 is 0. The van der Waals surface area contributed by atoms with Gasteiger partial charge in [-0.1, -0.05) is 53.4 Å². The van der Waals surface area contributed by atoms with Gasteiger partial charge in [-0.25, -0.2) is 0 Å². The maximum atomic E-state index is 14.1. The highest BCUT2D eigenvalue weighted by atomic mass is 31.1. The van der Waals surface area contributed by atoms with Crippen LogP contribution in [-0.4, -0.2) is 17.0 Å². The number of hydrogen-bond donors (Lipinski definition) is 0. The van der Waals surface area contributed by atoms with Gasteiger partial charge in [0.05, 0.1) is 22.3 Å². The molecule has 0 spiro atoms. The highest BCUT2D eigenvalue weighted by molar-refractivity contribution is 7.76. The van der Waals surface area contributed by atoms with Crippen LogP contribution >= 0.6 is 15.8 Å². The van der Waals surface area contributed by atoms with Crippen LogP contribution in [0.3, 0.4) is 0 Å². The van der Waals surface area contributed by atoms with Crippen molar-refractivity contribution in [3.63, 3.8) is 0 Å². The lowest BCUT2D eigenvalue weighted by atomic mass is 9.99. The first-order valence-corrected chi connectivity index (χ1v) is 19.1. The third kappa shape index (κ3) is 9.10. The number of rotatable bonds is 7. The Morgan fingerprint density at radius 3 is 1.18 bits per heavy atom. The van der Waals surface area contributed by atoms with Crippen LogP contribution in [0.1, 0.15) is 93.4 Å². The van der Waals surface area contributed by atoms with E-state index in [9.17, 15) is 52.7 Å². The molecule has 0 heterocycles. The molecule has 3 saturated carbocycles. The molecule has 49 heavy (non-hydrogen) atoms. The zero-order valence-electron chi connectivity index (χ0n) is 26.4. The number of hydrogen-bond acceptors (Lipinski definition) is 0. The zero-order chi connectivity index (χ0) is 35.9. The molecule has 3 aliphatic carbocycles. The fraction of sp³-hybridized carbons (Fsp3) is 0.514. The van der Waals surface area contributed by atoms with Crippen LogP contribution in [0, 0.1) is 30.8 Å². The van der Waals surface area contributed by atoms with Gasteiger partial charge in [-0.2, -0.15) is 52.7 Å². The van der Waals surface area contributed by atoms with E-state index < -0.39 is 73.4 Å². The van der Waals surface area contributed by atoms with Crippen molar-refractivity contribution in [2.24, 2.45) is 0 Å². The molecule has 5 rings (SSSR count). The first kappa shape index (κ1) is 38.7. The molecule has 5 radical (unpaired) electrons. The third-order valence-corrected chi connectivity index (χ3v) is 15.9.